The number of amides is 1. The van der Waals surface area contributed by atoms with Gasteiger partial charge in [0, 0.05) is 30.7 Å². The molecule has 1 unspecified atom stereocenters. The van der Waals surface area contributed by atoms with Crippen LogP contribution in [0.4, 0.5) is 5.69 Å². The number of Topliss-reactive ketones (excluding diaryl/α,β-unsaturated/α-hetero) is 1. The fourth-order valence-electron chi connectivity index (χ4n) is 3.70. The predicted octanol–water partition coefficient (Wildman–Crippen LogP) is 2.34. The zero-order chi connectivity index (χ0) is 18.1. The number of halogens is 1. The first-order chi connectivity index (χ1) is 12.6. The molecule has 0 bridgehead atoms. The van der Waals surface area contributed by atoms with Gasteiger partial charge in [-0.25, -0.2) is 0 Å². The summed E-state index contributed by atoms with van der Waals surface area (Å²) < 4.78 is 0. The van der Waals surface area contributed by atoms with Crippen LogP contribution in [0.5, 0.6) is 0 Å². The fraction of sp³-hybridized carbons (Fsp3) is 0.300. The number of benzene rings is 2. The summed E-state index contributed by atoms with van der Waals surface area (Å²) >= 11 is 6.11. The molecule has 26 heavy (non-hydrogen) atoms. The van der Waals surface area contributed by atoms with Crippen LogP contribution in [0.2, 0.25) is 5.02 Å². The van der Waals surface area contributed by atoms with E-state index in [0.29, 0.717) is 17.9 Å². The Kier molecular flexibility index (Phi) is 4.76. The van der Waals surface area contributed by atoms with E-state index in [0.717, 1.165) is 31.1 Å². The van der Waals surface area contributed by atoms with Crippen molar-refractivity contribution in [3.05, 3.63) is 64.7 Å². The van der Waals surface area contributed by atoms with E-state index in [1.165, 1.54) is 5.56 Å². The monoisotopic (exact) mass is 369 g/mol. The molecule has 2 heterocycles. The highest BCUT2D eigenvalue weighted by Crippen LogP contribution is 2.29. The van der Waals surface area contributed by atoms with Crippen LogP contribution >= 0.6 is 11.6 Å². The van der Waals surface area contributed by atoms with E-state index in [1.807, 2.05) is 30.3 Å². The standard InChI is InChI=1S/C20H20ClN3O2/c21-15-5-3-4-14(10-15)11-16-12-22-8-9-23(16)13-24-18-7-2-1-6-17(18)19(25)20(24)26/h1-7,10,16,22H,8-9,11-13H2. The number of piperazine rings is 1. The van der Waals surface area contributed by atoms with Gasteiger partial charge < -0.3 is 5.32 Å². The number of carbonyl (C=O) groups excluding carboxylic acids is 2. The molecule has 2 aliphatic heterocycles. The number of nitrogens with one attached hydrogen (secondary N) is 1. The maximum absolute atomic E-state index is 12.5. The molecule has 2 aromatic rings. The van der Waals surface area contributed by atoms with Gasteiger partial charge in [-0.15, -0.1) is 0 Å². The van der Waals surface area contributed by atoms with Gasteiger partial charge in [-0.3, -0.25) is 19.4 Å². The minimum atomic E-state index is -0.439. The Morgan fingerprint density at radius 2 is 1.96 bits per heavy atom. The summed E-state index contributed by atoms with van der Waals surface area (Å²) in [7, 11) is 0. The second-order valence-electron chi connectivity index (χ2n) is 6.73. The summed E-state index contributed by atoms with van der Waals surface area (Å²) in [6.07, 6.45) is 0.838. The van der Waals surface area contributed by atoms with Crippen LogP contribution in [0.3, 0.4) is 0 Å². The lowest BCUT2D eigenvalue weighted by atomic mass is 10.0. The normalized spacial score (nSPS) is 20.5. The number of ketones is 1. The highest BCUT2D eigenvalue weighted by atomic mass is 35.5. The molecule has 1 saturated heterocycles. The zero-order valence-corrected chi connectivity index (χ0v) is 15.1. The number of nitrogens with zero attached hydrogens (tertiary/aromatic N) is 2. The van der Waals surface area contributed by atoms with E-state index in [4.69, 9.17) is 11.6 Å². The van der Waals surface area contributed by atoms with E-state index in [1.54, 1.807) is 17.0 Å². The van der Waals surface area contributed by atoms with Gasteiger partial charge in [-0.1, -0.05) is 35.9 Å². The average Bonchev–Trinajstić information content (AvgIpc) is 2.89. The zero-order valence-electron chi connectivity index (χ0n) is 14.3. The number of rotatable bonds is 4. The van der Waals surface area contributed by atoms with Gasteiger partial charge in [0.15, 0.2) is 0 Å². The van der Waals surface area contributed by atoms with Crippen LogP contribution in [0.25, 0.3) is 0 Å². The summed E-state index contributed by atoms with van der Waals surface area (Å²) in [6.45, 7) is 2.95. The third-order valence-electron chi connectivity index (χ3n) is 5.03. The molecule has 5 nitrogen and oxygen atoms in total. The number of hydrogen-bond donors (Lipinski definition) is 1. The van der Waals surface area contributed by atoms with E-state index < -0.39 is 11.7 Å². The molecule has 0 spiro atoms. The molecule has 4 rings (SSSR count). The van der Waals surface area contributed by atoms with Crippen molar-refractivity contribution in [3.8, 4) is 0 Å². The third kappa shape index (κ3) is 3.26. The van der Waals surface area contributed by atoms with E-state index >= 15 is 0 Å². The number of hydrogen-bond acceptors (Lipinski definition) is 4. The molecule has 0 aromatic heterocycles. The number of carbonyl (C=O) groups is 2. The SMILES string of the molecule is O=C1C(=O)N(CN2CCNCC2Cc2cccc(Cl)c2)c2ccccc21. The second kappa shape index (κ2) is 7.19. The molecular weight excluding hydrogens is 350 g/mol. The Morgan fingerprint density at radius 1 is 1.12 bits per heavy atom. The van der Waals surface area contributed by atoms with Gasteiger partial charge in [-0.05, 0) is 36.2 Å². The van der Waals surface area contributed by atoms with Crippen molar-refractivity contribution in [3.63, 3.8) is 0 Å². The minimum Gasteiger partial charge on any atom is -0.314 e. The molecule has 6 heteroatoms. The van der Waals surface area contributed by atoms with Crippen LogP contribution in [-0.2, 0) is 11.2 Å². The van der Waals surface area contributed by atoms with Crippen LogP contribution in [0.15, 0.2) is 48.5 Å². The first-order valence-electron chi connectivity index (χ1n) is 8.78. The number of fused-ring (bicyclic) bond motifs is 1. The number of anilines is 1. The van der Waals surface area contributed by atoms with Gasteiger partial charge >= 0.3 is 5.91 Å². The molecule has 1 N–H and O–H groups in total. The smallest absolute Gasteiger partial charge is 0.300 e. The molecule has 134 valence electrons. The van der Waals surface area contributed by atoms with Crippen LogP contribution in [0, 0.1) is 0 Å². The minimum absolute atomic E-state index is 0.234. The van der Waals surface area contributed by atoms with Gasteiger partial charge in [0.2, 0.25) is 0 Å². The van der Waals surface area contributed by atoms with Crippen LogP contribution in [0.1, 0.15) is 15.9 Å². The van der Waals surface area contributed by atoms with Crippen molar-refractivity contribution >= 4 is 29.0 Å². The highest BCUT2D eigenvalue weighted by molar-refractivity contribution is 6.52. The van der Waals surface area contributed by atoms with Crippen molar-refractivity contribution in [1.82, 2.24) is 10.2 Å². The lowest BCUT2D eigenvalue weighted by molar-refractivity contribution is -0.114. The quantitative estimate of drug-likeness (QED) is 0.840. The third-order valence-corrected chi connectivity index (χ3v) is 5.27. The van der Waals surface area contributed by atoms with E-state index in [-0.39, 0.29) is 6.04 Å². The molecule has 0 radical (unpaired) electrons. The van der Waals surface area contributed by atoms with Crippen molar-refractivity contribution in [1.29, 1.82) is 0 Å². The lowest BCUT2D eigenvalue weighted by Gasteiger charge is -2.38. The van der Waals surface area contributed by atoms with Crippen LogP contribution < -0.4 is 10.2 Å². The Hall–Kier alpha value is -2.21. The first-order valence-corrected chi connectivity index (χ1v) is 9.16. The topological polar surface area (TPSA) is 52.7 Å². The van der Waals surface area contributed by atoms with Gasteiger partial charge in [0.1, 0.15) is 0 Å². The maximum atomic E-state index is 12.5. The van der Waals surface area contributed by atoms with E-state index in [9.17, 15) is 9.59 Å². The van der Waals surface area contributed by atoms with E-state index in [2.05, 4.69) is 16.3 Å². The molecule has 2 aliphatic rings. The molecular formula is C20H20ClN3O2. The molecule has 0 aliphatic carbocycles. The Morgan fingerprint density at radius 3 is 2.81 bits per heavy atom. The first kappa shape index (κ1) is 17.2. The summed E-state index contributed by atoms with van der Waals surface area (Å²) in [4.78, 5) is 28.6. The Balaban J connectivity index is 1.54. The Labute approximate surface area is 157 Å². The fourth-order valence-corrected chi connectivity index (χ4v) is 3.91. The largest absolute Gasteiger partial charge is 0.314 e. The maximum Gasteiger partial charge on any atom is 0.300 e. The average molecular weight is 370 g/mol. The summed E-state index contributed by atoms with van der Waals surface area (Å²) in [5.74, 6) is -0.853. The summed E-state index contributed by atoms with van der Waals surface area (Å²) in [5, 5.41) is 4.15. The van der Waals surface area contributed by atoms with Gasteiger partial charge in [-0.2, -0.15) is 0 Å². The molecule has 0 saturated carbocycles. The molecule has 1 fully saturated rings. The van der Waals surface area contributed by atoms with Crippen molar-refractivity contribution in [2.75, 3.05) is 31.2 Å². The molecule has 1 amide bonds. The number of para-hydroxylation sites is 1. The molecule has 2 aromatic carbocycles. The van der Waals surface area contributed by atoms with Gasteiger partial charge in [0.05, 0.1) is 17.9 Å². The lowest BCUT2D eigenvalue weighted by Crippen LogP contribution is -2.56. The summed E-state index contributed by atoms with van der Waals surface area (Å²) in [5.41, 5.74) is 2.38. The highest BCUT2D eigenvalue weighted by Gasteiger charge is 2.37. The second-order valence-corrected chi connectivity index (χ2v) is 7.16. The summed E-state index contributed by atoms with van der Waals surface area (Å²) in [6, 6.07) is 15.3. The van der Waals surface area contributed by atoms with Crippen molar-refractivity contribution in [2.45, 2.75) is 12.5 Å². The molecule has 1 atom stereocenters. The predicted molar refractivity (Wildman–Crippen MR) is 102 cm³/mol. The van der Waals surface area contributed by atoms with Crippen molar-refractivity contribution < 1.29 is 9.59 Å². The van der Waals surface area contributed by atoms with Crippen LogP contribution in [-0.4, -0.2) is 48.9 Å². The Bertz CT molecular complexity index is 854. The van der Waals surface area contributed by atoms with Crippen molar-refractivity contribution in [2.24, 2.45) is 0 Å². The van der Waals surface area contributed by atoms with Gasteiger partial charge in [0.25, 0.3) is 5.78 Å².